The minimum atomic E-state index is 0.0169. The van der Waals surface area contributed by atoms with Crippen LogP contribution in [0.15, 0.2) is 12.1 Å². The molecule has 1 amide bonds. The molecule has 3 nitrogen and oxygen atoms in total. The van der Waals surface area contributed by atoms with Crippen molar-refractivity contribution in [2.45, 2.75) is 33.6 Å². The molecule has 1 aromatic carbocycles. The van der Waals surface area contributed by atoms with E-state index in [9.17, 15) is 4.79 Å². The summed E-state index contributed by atoms with van der Waals surface area (Å²) in [6.07, 6.45) is 1.52. The first-order chi connectivity index (χ1) is 7.93. The van der Waals surface area contributed by atoms with Crippen molar-refractivity contribution in [1.29, 1.82) is 0 Å². The summed E-state index contributed by atoms with van der Waals surface area (Å²) in [7, 11) is 0. The SMILES string of the molecule is CCC(C)CC(=O)Nc1cc(Cl)c(N)cc1C. The predicted octanol–water partition coefficient (Wildman–Crippen LogP) is 3.61. The normalized spacial score (nSPS) is 12.2. The first-order valence-corrected chi connectivity index (χ1v) is 6.17. The molecule has 0 fully saturated rings. The van der Waals surface area contributed by atoms with Crippen molar-refractivity contribution in [3.8, 4) is 0 Å². The summed E-state index contributed by atoms with van der Waals surface area (Å²) in [5.74, 6) is 0.405. The molecule has 0 aliphatic heterocycles. The number of hydrogen-bond donors (Lipinski definition) is 2. The number of benzene rings is 1. The lowest BCUT2D eigenvalue weighted by Gasteiger charge is -2.12. The smallest absolute Gasteiger partial charge is 0.224 e. The average molecular weight is 255 g/mol. The number of aryl methyl sites for hydroxylation is 1. The summed E-state index contributed by atoms with van der Waals surface area (Å²) in [6.45, 7) is 6.03. The number of rotatable bonds is 4. The maximum Gasteiger partial charge on any atom is 0.224 e. The monoisotopic (exact) mass is 254 g/mol. The molecular formula is C13H19ClN2O. The Balaban J connectivity index is 2.75. The Labute approximate surface area is 107 Å². The van der Waals surface area contributed by atoms with Crippen molar-refractivity contribution in [2.24, 2.45) is 5.92 Å². The zero-order chi connectivity index (χ0) is 13.0. The summed E-state index contributed by atoms with van der Waals surface area (Å²) < 4.78 is 0. The van der Waals surface area contributed by atoms with Gasteiger partial charge >= 0.3 is 0 Å². The van der Waals surface area contributed by atoms with Gasteiger partial charge in [0.05, 0.1) is 10.7 Å². The van der Waals surface area contributed by atoms with E-state index in [2.05, 4.69) is 19.2 Å². The van der Waals surface area contributed by atoms with Gasteiger partial charge in [-0.05, 0) is 30.5 Å². The molecule has 94 valence electrons. The highest BCUT2D eigenvalue weighted by atomic mass is 35.5. The number of anilines is 2. The highest BCUT2D eigenvalue weighted by molar-refractivity contribution is 6.33. The molecule has 0 aromatic heterocycles. The first-order valence-electron chi connectivity index (χ1n) is 5.79. The second-order valence-corrected chi connectivity index (χ2v) is 4.86. The Hall–Kier alpha value is -1.22. The van der Waals surface area contributed by atoms with Crippen LogP contribution in [0.3, 0.4) is 0 Å². The van der Waals surface area contributed by atoms with Crippen molar-refractivity contribution in [3.63, 3.8) is 0 Å². The third-order valence-corrected chi connectivity index (χ3v) is 3.18. The van der Waals surface area contributed by atoms with Crippen LogP contribution in [-0.2, 0) is 4.79 Å². The van der Waals surface area contributed by atoms with E-state index in [1.165, 1.54) is 0 Å². The van der Waals surface area contributed by atoms with Gasteiger partial charge in [0, 0.05) is 12.1 Å². The van der Waals surface area contributed by atoms with E-state index in [-0.39, 0.29) is 5.91 Å². The quantitative estimate of drug-likeness (QED) is 0.807. The van der Waals surface area contributed by atoms with Crippen molar-refractivity contribution >= 4 is 28.9 Å². The van der Waals surface area contributed by atoms with Gasteiger partial charge in [0.1, 0.15) is 0 Å². The Morgan fingerprint density at radius 1 is 1.53 bits per heavy atom. The average Bonchev–Trinajstić information content (AvgIpc) is 2.25. The number of carbonyl (C=O) groups is 1. The lowest BCUT2D eigenvalue weighted by atomic mass is 10.0. The van der Waals surface area contributed by atoms with E-state index >= 15 is 0 Å². The predicted molar refractivity (Wildman–Crippen MR) is 73.3 cm³/mol. The van der Waals surface area contributed by atoms with Crippen molar-refractivity contribution < 1.29 is 4.79 Å². The largest absolute Gasteiger partial charge is 0.398 e. The third kappa shape index (κ3) is 3.93. The number of hydrogen-bond acceptors (Lipinski definition) is 2. The van der Waals surface area contributed by atoms with Gasteiger partial charge in [0.25, 0.3) is 0 Å². The van der Waals surface area contributed by atoms with Gasteiger partial charge in [-0.3, -0.25) is 4.79 Å². The number of amides is 1. The minimum Gasteiger partial charge on any atom is -0.398 e. The van der Waals surface area contributed by atoms with E-state index in [4.69, 9.17) is 17.3 Å². The summed E-state index contributed by atoms with van der Waals surface area (Å²) in [5.41, 5.74) is 7.86. The molecule has 3 N–H and O–H groups in total. The third-order valence-electron chi connectivity index (χ3n) is 2.85. The number of nitrogen functional groups attached to an aromatic ring is 1. The van der Waals surface area contributed by atoms with Crippen LogP contribution in [-0.4, -0.2) is 5.91 Å². The summed E-state index contributed by atoms with van der Waals surface area (Å²) in [5, 5.41) is 3.33. The molecule has 0 aliphatic carbocycles. The van der Waals surface area contributed by atoms with Crippen LogP contribution in [0.5, 0.6) is 0 Å². The van der Waals surface area contributed by atoms with Crippen molar-refractivity contribution in [1.82, 2.24) is 0 Å². The van der Waals surface area contributed by atoms with E-state index < -0.39 is 0 Å². The topological polar surface area (TPSA) is 55.1 Å². The van der Waals surface area contributed by atoms with E-state index in [0.717, 1.165) is 17.7 Å². The van der Waals surface area contributed by atoms with E-state index in [0.29, 0.717) is 23.0 Å². The van der Waals surface area contributed by atoms with Crippen LogP contribution >= 0.6 is 11.6 Å². The molecule has 0 spiro atoms. The number of carbonyl (C=O) groups excluding carboxylic acids is 1. The van der Waals surface area contributed by atoms with Crippen LogP contribution < -0.4 is 11.1 Å². The molecule has 0 radical (unpaired) electrons. The van der Waals surface area contributed by atoms with Gasteiger partial charge in [-0.15, -0.1) is 0 Å². The Bertz CT molecular complexity index is 418. The molecule has 1 aromatic rings. The van der Waals surface area contributed by atoms with Gasteiger partial charge < -0.3 is 11.1 Å². The first kappa shape index (κ1) is 13.8. The van der Waals surface area contributed by atoms with Crippen molar-refractivity contribution in [3.05, 3.63) is 22.7 Å². The van der Waals surface area contributed by atoms with Gasteiger partial charge in [-0.2, -0.15) is 0 Å². The summed E-state index contributed by atoms with van der Waals surface area (Å²) in [6, 6.07) is 3.46. The van der Waals surface area contributed by atoms with Crippen molar-refractivity contribution in [2.75, 3.05) is 11.1 Å². The molecule has 0 heterocycles. The number of nitrogens with one attached hydrogen (secondary N) is 1. The van der Waals surface area contributed by atoms with Crippen LogP contribution in [0.1, 0.15) is 32.3 Å². The standard InChI is InChI=1S/C13H19ClN2O/c1-4-8(2)5-13(17)16-12-7-10(14)11(15)6-9(12)3/h6-8H,4-5,15H2,1-3H3,(H,16,17). The van der Waals surface area contributed by atoms with Gasteiger partial charge in [0.15, 0.2) is 0 Å². The molecular weight excluding hydrogens is 236 g/mol. The summed E-state index contributed by atoms with van der Waals surface area (Å²) in [4.78, 5) is 11.7. The highest BCUT2D eigenvalue weighted by Crippen LogP contribution is 2.26. The highest BCUT2D eigenvalue weighted by Gasteiger charge is 2.10. The van der Waals surface area contributed by atoms with Crippen LogP contribution in [0.2, 0.25) is 5.02 Å². The molecule has 4 heteroatoms. The molecule has 1 rings (SSSR count). The minimum absolute atomic E-state index is 0.0169. The maximum atomic E-state index is 11.7. The molecule has 1 unspecified atom stereocenters. The molecule has 0 saturated carbocycles. The zero-order valence-corrected chi connectivity index (χ0v) is 11.3. The fourth-order valence-electron chi connectivity index (χ4n) is 1.50. The van der Waals surface area contributed by atoms with E-state index in [1.807, 2.05) is 6.92 Å². The maximum absolute atomic E-state index is 11.7. The van der Waals surface area contributed by atoms with Gasteiger partial charge in [-0.25, -0.2) is 0 Å². The molecule has 17 heavy (non-hydrogen) atoms. The number of nitrogens with two attached hydrogens (primary N) is 1. The molecule has 1 atom stereocenters. The fraction of sp³-hybridized carbons (Fsp3) is 0.462. The van der Waals surface area contributed by atoms with Crippen LogP contribution in [0, 0.1) is 12.8 Å². The fourth-order valence-corrected chi connectivity index (χ4v) is 1.66. The second kappa shape index (κ2) is 5.92. The van der Waals surface area contributed by atoms with Crippen LogP contribution in [0.25, 0.3) is 0 Å². The zero-order valence-electron chi connectivity index (χ0n) is 10.5. The Morgan fingerprint density at radius 2 is 2.18 bits per heavy atom. The van der Waals surface area contributed by atoms with Crippen LogP contribution in [0.4, 0.5) is 11.4 Å². The Kier molecular flexibility index (Phi) is 4.82. The lowest BCUT2D eigenvalue weighted by molar-refractivity contribution is -0.117. The van der Waals surface area contributed by atoms with E-state index in [1.54, 1.807) is 12.1 Å². The molecule has 0 aliphatic rings. The number of halogens is 1. The lowest BCUT2D eigenvalue weighted by Crippen LogP contribution is -2.15. The summed E-state index contributed by atoms with van der Waals surface area (Å²) >= 11 is 5.93. The second-order valence-electron chi connectivity index (χ2n) is 4.45. The molecule has 0 bridgehead atoms. The molecule has 0 saturated heterocycles. The Morgan fingerprint density at radius 3 is 2.76 bits per heavy atom. The van der Waals surface area contributed by atoms with Gasteiger partial charge in [0.2, 0.25) is 5.91 Å². The van der Waals surface area contributed by atoms with Gasteiger partial charge in [-0.1, -0.05) is 31.9 Å².